The maximum absolute atomic E-state index is 3.94. The summed E-state index contributed by atoms with van der Waals surface area (Å²) in [6.07, 6.45) is 0. The van der Waals surface area contributed by atoms with Gasteiger partial charge in [0.15, 0.2) is 0 Å². The number of rotatable bonds is 2. The Morgan fingerprint density at radius 2 is 2.14 bits per heavy atom. The molecule has 2 aromatic rings. The van der Waals surface area contributed by atoms with Crippen LogP contribution in [0.15, 0.2) is 24.3 Å². The topological polar surface area (TPSA) is 54.5 Å². The van der Waals surface area contributed by atoms with Crippen LogP contribution >= 0.6 is 0 Å². The molecule has 4 nitrogen and oxygen atoms in total. The lowest BCUT2D eigenvalue weighted by Crippen LogP contribution is -1.88. The normalized spacial score (nSPS) is 10.8. The van der Waals surface area contributed by atoms with Crippen molar-refractivity contribution >= 4 is 0 Å². The van der Waals surface area contributed by atoms with E-state index in [1.54, 1.807) is 0 Å². The zero-order chi connectivity index (χ0) is 9.97. The Balaban J connectivity index is 2.41. The average Bonchev–Trinajstić information content (AvgIpc) is 2.71. The summed E-state index contributed by atoms with van der Waals surface area (Å²) in [5.41, 5.74) is 2.29. The highest BCUT2D eigenvalue weighted by atomic mass is 15.5. The first-order valence-corrected chi connectivity index (χ1v) is 4.61. The van der Waals surface area contributed by atoms with Crippen LogP contribution in [-0.2, 0) is 0 Å². The molecule has 4 heteroatoms. The number of nitrogens with zero attached hydrogens (tertiary/aromatic N) is 3. The van der Waals surface area contributed by atoms with E-state index in [0.717, 1.165) is 5.56 Å². The van der Waals surface area contributed by atoms with Crippen molar-refractivity contribution in [2.45, 2.75) is 19.8 Å². The molecule has 0 unspecified atom stereocenters. The van der Waals surface area contributed by atoms with Gasteiger partial charge in [0.05, 0.1) is 0 Å². The predicted octanol–water partition coefficient (Wildman–Crippen LogP) is 1.99. The second-order valence-electron chi connectivity index (χ2n) is 3.52. The van der Waals surface area contributed by atoms with Gasteiger partial charge < -0.3 is 0 Å². The van der Waals surface area contributed by atoms with Crippen LogP contribution in [0.1, 0.15) is 25.3 Å². The zero-order valence-electron chi connectivity index (χ0n) is 8.23. The van der Waals surface area contributed by atoms with E-state index in [1.807, 2.05) is 12.1 Å². The Kier molecular flexibility index (Phi) is 2.26. The third kappa shape index (κ3) is 1.64. The Hall–Kier alpha value is -1.71. The van der Waals surface area contributed by atoms with Gasteiger partial charge in [-0.2, -0.15) is 5.21 Å². The van der Waals surface area contributed by atoms with E-state index < -0.39 is 0 Å². The molecule has 0 saturated carbocycles. The number of nitrogens with one attached hydrogen (secondary N) is 1. The Labute approximate surface area is 82.4 Å². The Morgan fingerprint density at radius 1 is 1.29 bits per heavy atom. The molecule has 14 heavy (non-hydrogen) atoms. The van der Waals surface area contributed by atoms with Crippen LogP contribution in [-0.4, -0.2) is 20.6 Å². The summed E-state index contributed by atoms with van der Waals surface area (Å²) >= 11 is 0. The summed E-state index contributed by atoms with van der Waals surface area (Å²) in [4.78, 5) is 0. The van der Waals surface area contributed by atoms with Gasteiger partial charge in [-0.3, -0.25) is 0 Å². The van der Waals surface area contributed by atoms with Crippen molar-refractivity contribution in [3.8, 4) is 11.4 Å². The smallest absolute Gasteiger partial charge is 0.177 e. The third-order valence-corrected chi connectivity index (χ3v) is 2.16. The van der Waals surface area contributed by atoms with Crippen molar-refractivity contribution in [3.05, 3.63) is 29.8 Å². The van der Waals surface area contributed by atoms with Crippen LogP contribution < -0.4 is 0 Å². The molecule has 0 saturated heterocycles. The summed E-state index contributed by atoms with van der Waals surface area (Å²) in [5, 5.41) is 13.9. The standard InChI is InChI=1S/C10H12N4/c1-7(2)8-4-3-5-9(6-8)10-11-13-14-12-10/h3-7H,1-2H3,(H,11,12,13,14). The molecule has 0 bridgehead atoms. The maximum Gasteiger partial charge on any atom is 0.204 e. The minimum absolute atomic E-state index is 0.516. The van der Waals surface area contributed by atoms with E-state index in [2.05, 4.69) is 46.6 Å². The average molecular weight is 188 g/mol. The second-order valence-corrected chi connectivity index (χ2v) is 3.52. The maximum atomic E-state index is 3.94. The van der Waals surface area contributed by atoms with Gasteiger partial charge in [-0.15, -0.1) is 10.2 Å². The molecular formula is C10H12N4. The summed E-state index contributed by atoms with van der Waals surface area (Å²) < 4.78 is 0. The lowest BCUT2D eigenvalue weighted by molar-refractivity contribution is 0.867. The van der Waals surface area contributed by atoms with Gasteiger partial charge in [0.25, 0.3) is 0 Å². The SMILES string of the molecule is CC(C)c1cccc(-c2nn[nH]n2)c1. The Morgan fingerprint density at radius 3 is 2.79 bits per heavy atom. The second kappa shape index (κ2) is 3.57. The van der Waals surface area contributed by atoms with Crippen molar-refractivity contribution in [2.75, 3.05) is 0 Å². The van der Waals surface area contributed by atoms with E-state index in [0.29, 0.717) is 11.7 Å². The fourth-order valence-electron chi connectivity index (χ4n) is 1.32. The van der Waals surface area contributed by atoms with Crippen LogP contribution in [0.3, 0.4) is 0 Å². The number of hydrogen-bond acceptors (Lipinski definition) is 3. The minimum atomic E-state index is 0.516. The molecule has 0 aliphatic rings. The molecule has 2 rings (SSSR count). The van der Waals surface area contributed by atoms with Crippen LogP contribution in [0.25, 0.3) is 11.4 Å². The largest absolute Gasteiger partial charge is 0.204 e. The lowest BCUT2D eigenvalue weighted by Gasteiger charge is -2.05. The van der Waals surface area contributed by atoms with Crippen LogP contribution in [0.2, 0.25) is 0 Å². The van der Waals surface area contributed by atoms with Crippen molar-refractivity contribution in [1.82, 2.24) is 20.6 Å². The van der Waals surface area contributed by atoms with Crippen LogP contribution in [0.5, 0.6) is 0 Å². The van der Waals surface area contributed by atoms with E-state index in [-0.39, 0.29) is 0 Å². The summed E-state index contributed by atoms with van der Waals surface area (Å²) in [6.45, 7) is 4.32. The molecule has 0 atom stereocenters. The molecular weight excluding hydrogens is 176 g/mol. The molecule has 0 radical (unpaired) electrons. The molecule has 0 spiro atoms. The van der Waals surface area contributed by atoms with Crippen LogP contribution in [0, 0.1) is 0 Å². The highest BCUT2D eigenvalue weighted by Crippen LogP contribution is 2.20. The van der Waals surface area contributed by atoms with Gasteiger partial charge >= 0.3 is 0 Å². The minimum Gasteiger partial charge on any atom is -0.177 e. The van der Waals surface area contributed by atoms with E-state index >= 15 is 0 Å². The monoisotopic (exact) mass is 188 g/mol. The number of tetrazole rings is 1. The first kappa shape index (κ1) is 8.87. The van der Waals surface area contributed by atoms with Crippen molar-refractivity contribution in [2.24, 2.45) is 0 Å². The van der Waals surface area contributed by atoms with Gasteiger partial charge in [-0.05, 0) is 22.8 Å². The quantitative estimate of drug-likeness (QED) is 0.784. The predicted molar refractivity (Wildman–Crippen MR) is 53.7 cm³/mol. The molecule has 1 aromatic heterocycles. The van der Waals surface area contributed by atoms with Crippen molar-refractivity contribution < 1.29 is 0 Å². The van der Waals surface area contributed by atoms with Crippen molar-refractivity contribution in [3.63, 3.8) is 0 Å². The summed E-state index contributed by atoms with van der Waals surface area (Å²) in [7, 11) is 0. The first-order valence-electron chi connectivity index (χ1n) is 4.61. The molecule has 1 aromatic carbocycles. The van der Waals surface area contributed by atoms with E-state index in [9.17, 15) is 0 Å². The highest BCUT2D eigenvalue weighted by Gasteiger charge is 2.04. The molecule has 0 aliphatic heterocycles. The van der Waals surface area contributed by atoms with Gasteiger partial charge in [0.1, 0.15) is 0 Å². The molecule has 0 amide bonds. The van der Waals surface area contributed by atoms with Gasteiger partial charge in [0.2, 0.25) is 5.82 Å². The highest BCUT2D eigenvalue weighted by molar-refractivity contribution is 5.55. The summed E-state index contributed by atoms with van der Waals surface area (Å²) in [5.74, 6) is 1.16. The molecule has 1 heterocycles. The van der Waals surface area contributed by atoms with Gasteiger partial charge in [-0.1, -0.05) is 32.0 Å². The van der Waals surface area contributed by atoms with Gasteiger partial charge in [0, 0.05) is 5.56 Å². The molecule has 1 N–H and O–H groups in total. The fourth-order valence-corrected chi connectivity index (χ4v) is 1.32. The number of hydrogen-bond donors (Lipinski definition) is 1. The number of aromatic nitrogens is 4. The molecule has 0 fully saturated rings. The first-order chi connectivity index (χ1) is 6.77. The van der Waals surface area contributed by atoms with E-state index in [4.69, 9.17) is 0 Å². The fraction of sp³-hybridized carbons (Fsp3) is 0.300. The lowest BCUT2D eigenvalue weighted by atomic mass is 10.0. The number of H-pyrrole nitrogens is 1. The molecule has 72 valence electrons. The Bertz CT molecular complexity index is 406. The number of aromatic amines is 1. The van der Waals surface area contributed by atoms with Crippen LogP contribution in [0.4, 0.5) is 0 Å². The van der Waals surface area contributed by atoms with Crippen molar-refractivity contribution in [1.29, 1.82) is 0 Å². The van der Waals surface area contributed by atoms with Gasteiger partial charge in [-0.25, -0.2) is 0 Å². The zero-order valence-corrected chi connectivity index (χ0v) is 8.23. The molecule has 0 aliphatic carbocycles. The summed E-state index contributed by atoms with van der Waals surface area (Å²) in [6, 6.07) is 8.20. The number of benzene rings is 1. The third-order valence-electron chi connectivity index (χ3n) is 2.16. The van der Waals surface area contributed by atoms with E-state index in [1.165, 1.54) is 5.56 Å².